The zero-order valence-corrected chi connectivity index (χ0v) is 15.3. The third kappa shape index (κ3) is 3.33. The van der Waals surface area contributed by atoms with Crippen molar-refractivity contribution in [3.63, 3.8) is 0 Å². The van der Waals surface area contributed by atoms with E-state index in [2.05, 4.69) is 12.2 Å². The van der Waals surface area contributed by atoms with Gasteiger partial charge in [0.25, 0.3) is 0 Å². The molecule has 0 saturated heterocycles. The molecule has 25 heavy (non-hydrogen) atoms. The van der Waals surface area contributed by atoms with Gasteiger partial charge in [-0.05, 0) is 92.4 Å². The summed E-state index contributed by atoms with van der Waals surface area (Å²) in [6.45, 7) is 2.23. The SMILES string of the molecule is COc1cccc(/C=C/C(=O)N[C@H](C)C23CC4CC(CC(C4)C2)C3)c1. The molecule has 0 unspecified atom stereocenters. The number of carbonyl (C=O) groups excluding carboxylic acids is 1. The molecule has 4 saturated carbocycles. The van der Waals surface area contributed by atoms with Gasteiger partial charge in [0.15, 0.2) is 0 Å². The molecular weight excluding hydrogens is 310 g/mol. The summed E-state index contributed by atoms with van der Waals surface area (Å²) in [5.41, 5.74) is 1.34. The van der Waals surface area contributed by atoms with Crippen LogP contribution in [0.5, 0.6) is 5.75 Å². The average Bonchev–Trinajstić information content (AvgIpc) is 2.59. The number of nitrogens with one attached hydrogen (secondary N) is 1. The molecule has 3 nitrogen and oxygen atoms in total. The van der Waals surface area contributed by atoms with Gasteiger partial charge in [-0.15, -0.1) is 0 Å². The summed E-state index contributed by atoms with van der Waals surface area (Å²) in [7, 11) is 1.66. The first-order valence-corrected chi connectivity index (χ1v) is 9.69. The lowest BCUT2D eigenvalue weighted by atomic mass is 9.48. The summed E-state index contributed by atoms with van der Waals surface area (Å²) < 4.78 is 5.23. The molecular formula is C22H29NO2. The van der Waals surface area contributed by atoms with Crippen LogP contribution in [-0.2, 0) is 4.79 Å². The van der Waals surface area contributed by atoms with Gasteiger partial charge in [-0.25, -0.2) is 0 Å². The fourth-order valence-electron chi connectivity index (χ4n) is 6.04. The summed E-state index contributed by atoms with van der Waals surface area (Å²) >= 11 is 0. The second-order valence-electron chi connectivity index (χ2n) is 8.62. The third-order valence-electron chi connectivity index (χ3n) is 6.88. The summed E-state index contributed by atoms with van der Waals surface area (Å²) in [5, 5.41) is 3.28. The third-order valence-corrected chi connectivity index (χ3v) is 6.88. The molecule has 0 aromatic heterocycles. The highest BCUT2D eigenvalue weighted by molar-refractivity contribution is 5.92. The second kappa shape index (κ2) is 6.51. The van der Waals surface area contributed by atoms with Crippen molar-refractivity contribution in [3.05, 3.63) is 35.9 Å². The van der Waals surface area contributed by atoms with Crippen LogP contribution in [0.4, 0.5) is 0 Å². The quantitative estimate of drug-likeness (QED) is 0.806. The lowest BCUT2D eigenvalue weighted by Crippen LogP contribution is -2.55. The molecule has 4 aliphatic carbocycles. The van der Waals surface area contributed by atoms with Crippen molar-refractivity contribution in [1.82, 2.24) is 5.32 Å². The van der Waals surface area contributed by atoms with Gasteiger partial charge in [-0.2, -0.15) is 0 Å². The van der Waals surface area contributed by atoms with Crippen molar-refractivity contribution in [1.29, 1.82) is 0 Å². The molecule has 134 valence electrons. The van der Waals surface area contributed by atoms with Crippen molar-refractivity contribution >= 4 is 12.0 Å². The van der Waals surface area contributed by atoms with Crippen LogP contribution in [0.3, 0.4) is 0 Å². The van der Waals surface area contributed by atoms with E-state index >= 15 is 0 Å². The molecule has 4 aliphatic rings. The van der Waals surface area contributed by atoms with Gasteiger partial charge < -0.3 is 10.1 Å². The maximum Gasteiger partial charge on any atom is 0.244 e. The number of rotatable bonds is 5. The summed E-state index contributed by atoms with van der Waals surface area (Å²) in [6, 6.07) is 8.03. The molecule has 1 amide bonds. The zero-order valence-electron chi connectivity index (χ0n) is 15.3. The Morgan fingerprint density at radius 3 is 2.44 bits per heavy atom. The van der Waals surface area contributed by atoms with E-state index in [4.69, 9.17) is 4.74 Å². The Kier molecular flexibility index (Phi) is 4.35. The molecule has 5 rings (SSSR count). The monoisotopic (exact) mass is 339 g/mol. The second-order valence-corrected chi connectivity index (χ2v) is 8.62. The van der Waals surface area contributed by atoms with E-state index in [1.807, 2.05) is 30.3 Å². The Morgan fingerprint density at radius 2 is 1.84 bits per heavy atom. The van der Waals surface area contributed by atoms with E-state index in [0.29, 0.717) is 5.41 Å². The number of carbonyl (C=O) groups is 1. The highest BCUT2D eigenvalue weighted by Crippen LogP contribution is 2.61. The molecule has 4 bridgehead atoms. The van der Waals surface area contributed by atoms with E-state index in [9.17, 15) is 4.79 Å². The first kappa shape index (κ1) is 16.7. The number of amides is 1. The van der Waals surface area contributed by atoms with Crippen LogP contribution in [0.25, 0.3) is 6.08 Å². The van der Waals surface area contributed by atoms with Crippen LogP contribution in [-0.4, -0.2) is 19.1 Å². The summed E-state index contributed by atoms with van der Waals surface area (Å²) in [5.74, 6) is 3.57. The van der Waals surface area contributed by atoms with Crippen LogP contribution in [0.1, 0.15) is 51.0 Å². The van der Waals surface area contributed by atoms with E-state index in [1.54, 1.807) is 13.2 Å². The Morgan fingerprint density at radius 1 is 1.20 bits per heavy atom. The van der Waals surface area contributed by atoms with Crippen molar-refractivity contribution in [2.75, 3.05) is 7.11 Å². The lowest BCUT2D eigenvalue weighted by Gasteiger charge is -2.59. The van der Waals surface area contributed by atoms with E-state index in [1.165, 1.54) is 38.5 Å². The van der Waals surface area contributed by atoms with Crippen LogP contribution < -0.4 is 10.1 Å². The number of methoxy groups -OCH3 is 1. The van der Waals surface area contributed by atoms with Gasteiger partial charge in [-0.1, -0.05) is 12.1 Å². The van der Waals surface area contributed by atoms with Gasteiger partial charge in [0.2, 0.25) is 5.91 Å². The minimum Gasteiger partial charge on any atom is -0.497 e. The first-order valence-electron chi connectivity index (χ1n) is 9.69. The molecule has 1 aromatic rings. The molecule has 0 spiro atoms. The number of ether oxygens (including phenoxy) is 1. The minimum atomic E-state index is 0.0195. The summed E-state index contributed by atoms with van der Waals surface area (Å²) in [6.07, 6.45) is 11.8. The molecule has 3 heteroatoms. The maximum atomic E-state index is 12.4. The van der Waals surface area contributed by atoms with Crippen molar-refractivity contribution < 1.29 is 9.53 Å². The van der Waals surface area contributed by atoms with Gasteiger partial charge in [-0.3, -0.25) is 4.79 Å². The van der Waals surface area contributed by atoms with Crippen LogP contribution in [0.15, 0.2) is 30.3 Å². The van der Waals surface area contributed by atoms with Gasteiger partial charge in [0.05, 0.1) is 7.11 Å². The Hall–Kier alpha value is -1.77. The predicted molar refractivity (Wildman–Crippen MR) is 100 cm³/mol. The number of benzene rings is 1. The fourth-order valence-corrected chi connectivity index (χ4v) is 6.04. The van der Waals surface area contributed by atoms with Gasteiger partial charge in [0.1, 0.15) is 5.75 Å². The van der Waals surface area contributed by atoms with Crippen molar-refractivity contribution in [2.24, 2.45) is 23.2 Å². The van der Waals surface area contributed by atoms with E-state index < -0.39 is 0 Å². The smallest absolute Gasteiger partial charge is 0.244 e. The van der Waals surface area contributed by atoms with E-state index in [-0.39, 0.29) is 11.9 Å². The minimum absolute atomic E-state index is 0.0195. The van der Waals surface area contributed by atoms with E-state index in [0.717, 1.165) is 29.1 Å². The van der Waals surface area contributed by atoms with Crippen LogP contribution in [0, 0.1) is 23.2 Å². The molecule has 1 N–H and O–H groups in total. The Bertz CT molecular complexity index is 643. The summed E-state index contributed by atoms with van der Waals surface area (Å²) in [4.78, 5) is 12.4. The number of hydrogen-bond donors (Lipinski definition) is 1. The highest BCUT2D eigenvalue weighted by Gasteiger charge is 2.53. The molecule has 0 radical (unpaired) electrons. The molecule has 1 aromatic carbocycles. The van der Waals surface area contributed by atoms with Crippen LogP contribution >= 0.6 is 0 Å². The largest absolute Gasteiger partial charge is 0.497 e. The topological polar surface area (TPSA) is 38.3 Å². The van der Waals surface area contributed by atoms with Crippen molar-refractivity contribution in [3.8, 4) is 5.75 Å². The molecule has 0 heterocycles. The predicted octanol–water partition coefficient (Wildman–Crippen LogP) is 4.43. The lowest BCUT2D eigenvalue weighted by molar-refractivity contribution is -0.121. The van der Waals surface area contributed by atoms with Crippen molar-refractivity contribution in [2.45, 2.75) is 51.5 Å². The maximum absolute atomic E-state index is 12.4. The highest BCUT2D eigenvalue weighted by atomic mass is 16.5. The standard InChI is InChI=1S/C22H29NO2/c1-15(22-12-17-8-18(13-22)10-19(9-17)14-22)23-21(24)7-6-16-4-3-5-20(11-16)25-2/h3-7,11,15,17-19H,8-10,12-14H2,1-2H3,(H,23,24)/b7-6+/t15-,17?,18?,19?,22?/m1/s1. The van der Waals surface area contributed by atoms with Crippen LogP contribution in [0.2, 0.25) is 0 Å². The Labute approximate surface area is 150 Å². The van der Waals surface area contributed by atoms with Gasteiger partial charge >= 0.3 is 0 Å². The molecule has 1 atom stereocenters. The average molecular weight is 339 g/mol. The normalized spacial score (nSPS) is 34.2. The Balaban J connectivity index is 1.40. The number of hydrogen-bond acceptors (Lipinski definition) is 2. The molecule has 4 fully saturated rings. The fraction of sp³-hybridized carbons (Fsp3) is 0.591. The van der Waals surface area contributed by atoms with Gasteiger partial charge in [0, 0.05) is 12.1 Å². The zero-order chi connectivity index (χ0) is 17.4. The first-order chi connectivity index (χ1) is 12.1. The molecule has 0 aliphatic heterocycles.